The highest BCUT2D eigenvalue weighted by atomic mass is 35.5. The molecule has 1 unspecified atom stereocenters. The molecule has 0 aliphatic rings. The summed E-state index contributed by atoms with van der Waals surface area (Å²) in [6.07, 6.45) is 0. The number of hydrogen-bond donors (Lipinski definition) is 5. The van der Waals surface area contributed by atoms with E-state index in [0.29, 0.717) is 28.5 Å². The fraction of sp³-hybridized carbons (Fsp3) is 0.273. The number of nitrogens with one attached hydrogen (secondary N) is 1. The number of thiol groups is 1. The second kappa shape index (κ2) is 12.1. The molecule has 178 valence electrons. The van der Waals surface area contributed by atoms with Crippen molar-refractivity contribution in [2.24, 2.45) is 10.9 Å². The molecule has 2 aromatic carbocycles. The van der Waals surface area contributed by atoms with Gasteiger partial charge in [0.1, 0.15) is 23.3 Å². The highest BCUT2D eigenvalue weighted by Gasteiger charge is 2.18. The Kier molecular flexibility index (Phi) is 9.81. The van der Waals surface area contributed by atoms with Crippen molar-refractivity contribution in [3.05, 3.63) is 58.6 Å². The van der Waals surface area contributed by atoms with E-state index in [0.717, 1.165) is 6.54 Å². The lowest BCUT2D eigenvalue weighted by Gasteiger charge is -2.18. The second-order valence-corrected chi connectivity index (χ2v) is 7.97. The average molecular weight is 496 g/mol. The number of anilines is 2. The number of rotatable bonds is 7. The van der Waals surface area contributed by atoms with Gasteiger partial charge in [0.25, 0.3) is 0 Å². The number of hydrogen-bond acceptors (Lipinski definition) is 8. The van der Waals surface area contributed by atoms with Crippen molar-refractivity contribution in [3.63, 3.8) is 0 Å². The van der Waals surface area contributed by atoms with Crippen LogP contribution in [0, 0.1) is 11.6 Å². The van der Waals surface area contributed by atoms with Crippen LogP contribution in [0.2, 0.25) is 5.02 Å². The van der Waals surface area contributed by atoms with Crippen LogP contribution in [0.25, 0.3) is 22.5 Å². The summed E-state index contributed by atoms with van der Waals surface area (Å²) < 4.78 is 29.1. The monoisotopic (exact) mass is 495 g/mol. The van der Waals surface area contributed by atoms with E-state index >= 15 is 0 Å². The lowest BCUT2D eigenvalue weighted by Crippen LogP contribution is -2.23. The summed E-state index contributed by atoms with van der Waals surface area (Å²) in [4.78, 5) is 10.9. The minimum atomic E-state index is -0.626. The smallest absolute Gasteiger partial charge is 0.163 e. The largest absolute Gasteiger partial charge is 0.383 e. The molecular weight excluding hydrogens is 468 g/mol. The van der Waals surface area contributed by atoms with E-state index in [-0.39, 0.29) is 28.8 Å². The fourth-order valence-electron chi connectivity index (χ4n) is 3.17. The molecule has 3 rings (SSSR count). The Balaban J connectivity index is 0.00000187. The number of aromatic nitrogens is 2. The summed E-state index contributed by atoms with van der Waals surface area (Å²) in [5.74, 6) is -0.224. The summed E-state index contributed by atoms with van der Waals surface area (Å²) in [5, 5.41) is 7.74. The lowest BCUT2D eigenvalue weighted by atomic mass is 10.0. The summed E-state index contributed by atoms with van der Waals surface area (Å²) >= 11 is 8.97. The maximum absolute atomic E-state index is 14.9. The Morgan fingerprint density at radius 1 is 1.06 bits per heavy atom. The van der Waals surface area contributed by atoms with Crippen molar-refractivity contribution >= 4 is 36.1 Å². The first-order valence-corrected chi connectivity index (χ1v) is 10.9. The summed E-state index contributed by atoms with van der Waals surface area (Å²) in [5.41, 5.74) is 13.4. The zero-order chi connectivity index (χ0) is 24.7. The number of nitrogens with two attached hydrogens (primary N) is 3. The highest BCUT2D eigenvalue weighted by molar-refractivity contribution is 7.77. The first-order valence-electron chi connectivity index (χ1n) is 10.00. The molecule has 0 bridgehead atoms. The molecule has 1 heterocycles. The van der Waals surface area contributed by atoms with Crippen molar-refractivity contribution in [2.75, 3.05) is 38.2 Å². The molecule has 7 nitrogen and oxygen atoms in total. The molecule has 1 atom stereocenters. The van der Waals surface area contributed by atoms with Gasteiger partial charge < -0.3 is 21.7 Å². The average Bonchev–Trinajstić information content (AvgIpc) is 2.76. The number of halogens is 3. The van der Waals surface area contributed by atoms with Crippen LogP contribution >= 0.6 is 24.4 Å². The van der Waals surface area contributed by atoms with E-state index in [1.165, 1.54) is 30.3 Å². The summed E-state index contributed by atoms with van der Waals surface area (Å²) in [6.45, 7) is 3.18. The maximum atomic E-state index is 14.9. The van der Waals surface area contributed by atoms with E-state index in [9.17, 15) is 8.78 Å². The molecule has 0 spiro atoms. The lowest BCUT2D eigenvalue weighted by molar-refractivity contribution is 0.425. The van der Waals surface area contributed by atoms with Gasteiger partial charge in [-0.15, -0.1) is 12.8 Å². The van der Waals surface area contributed by atoms with E-state index in [4.69, 9.17) is 23.1 Å². The van der Waals surface area contributed by atoms with Crippen LogP contribution in [-0.4, -0.2) is 42.1 Å². The summed E-state index contributed by atoms with van der Waals surface area (Å²) in [7, 11) is 3.92. The Hall–Kier alpha value is -2.50. The van der Waals surface area contributed by atoms with Crippen molar-refractivity contribution in [1.82, 2.24) is 14.9 Å². The molecule has 33 heavy (non-hydrogen) atoms. The molecule has 7 N–H and O–H groups in total. The molecule has 3 aromatic rings. The minimum Gasteiger partial charge on any atom is -0.383 e. The molecule has 0 saturated heterocycles. The van der Waals surface area contributed by atoms with Crippen LogP contribution in [0.5, 0.6) is 0 Å². The molecule has 1 aromatic heterocycles. The summed E-state index contributed by atoms with van der Waals surface area (Å²) in [6, 6.07) is 7.94. The quantitative estimate of drug-likeness (QED) is 0.313. The molecule has 0 radical (unpaired) electrons. The van der Waals surface area contributed by atoms with E-state index in [2.05, 4.69) is 33.2 Å². The Bertz CT molecular complexity index is 1100. The molecule has 11 heteroatoms. The third-order valence-corrected chi connectivity index (χ3v) is 4.96. The Morgan fingerprint density at radius 3 is 2.36 bits per heavy atom. The molecule has 0 amide bonds. The molecule has 0 aliphatic carbocycles. The topological polar surface area (TPSA) is 119 Å². The van der Waals surface area contributed by atoms with Crippen LogP contribution in [0.15, 0.2) is 36.4 Å². The zero-order valence-electron chi connectivity index (χ0n) is 18.6. The van der Waals surface area contributed by atoms with Crippen molar-refractivity contribution in [2.45, 2.75) is 13.0 Å². The van der Waals surface area contributed by atoms with Gasteiger partial charge in [-0.05, 0) is 45.3 Å². The minimum absolute atomic E-state index is 0.0790. The van der Waals surface area contributed by atoms with Gasteiger partial charge in [0.2, 0.25) is 0 Å². The normalized spacial score (nSPS) is 11.7. The molecular formula is C22H28ClF2N7S. The van der Waals surface area contributed by atoms with Crippen molar-refractivity contribution in [1.29, 1.82) is 0 Å². The Labute approximate surface area is 202 Å². The Morgan fingerprint density at radius 2 is 1.76 bits per heavy atom. The van der Waals surface area contributed by atoms with Crippen molar-refractivity contribution in [3.8, 4) is 22.5 Å². The first-order chi connectivity index (χ1) is 15.7. The van der Waals surface area contributed by atoms with E-state index < -0.39 is 11.6 Å². The predicted molar refractivity (Wildman–Crippen MR) is 135 cm³/mol. The van der Waals surface area contributed by atoms with E-state index in [1.807, 2.05) is 19.0 Å². The molecule has 0 fully saturated rings. The highest BCUT2D eigenvalue weighted by Crippen LogP contribution is 2.32. The first kappa shape index (κ1) is 26.7. The van der Waals surface area contributed by atoms with Crippen LogP contribution in [0.1, 0.15) is 18.5 Å². The maximum Gasteiger partial charge on any atom is 0.163 e. The van der Waals surface area contributed by atoms with Crippen LogP contribution < -0.4 is 21.9 Å². The van der Waals surface area contributed by atoms with Crippen molar-refractivity contribution < 1.29 is 8.78 Å². The van der Waals surface area contributed by atoms with Crippen LogP contribution in [0.3, 0.4) is 0 Å². The second-order valence-electron chi connectivity index (χ2n) is 7.53. The van der Waals surface area contributed by atoms with Crippen LogP contribution in [0.4, 0.5) is 20.4 Å². The van der Waals surface area contributed by atoms with E-state index in [1.54, 1.807) is 13.0 Å². The number of likely N-dealkylation sites (N-methyl/N-ethyl adjacent to an activating group) is 1. The zero-order valence-corrected chi connectivity index (χ0v) is 20.3. The number of nitrogen functional groups attached to an aromatic ring is 1. The SMILES string of the molecule is CC(N)c1c(N)nc(-c2ccc(-c3cc(Cl)ccc3F)c(F)c2)nc1NCCN(C)C.NS. The van der Waals surface area contributed by atoms with Gasteiger partial charge in [-0.3, -0.25) is 5.14 Å². The molecule has 0 aliphatic heterocycles. The fourth-order valence-corrected chi connectivity index (χ4v) is 3.35. The van der Waals surface area contributed by atoms with Gasteiger partial charge in [0.05, 0.1) is 5.56 Å². The predicted octanol–water partition coefficient (Wildman–Crippen LogP) is 4.11. The van der Waals surface area contributed by atoms with Gasteiger partial charge >= 0.3 is 0 Å². The number of benzene rings is 2. The standard InChI is InChI=1S/C22H25ClF2N6.H3NS/c1-12(26)19-20(27)29-21(30-22(19)28-8-9-31(2)3)13-4-6-15(18(25)10-13)16-11-14(23)5-7-17(16)24;1-2/h4-7,10-12H,8-9,26H2,1-3H3,(H3,27,28,29,30);2H,1H2. The molecule has 0 saturated carbocycles. The van der Waals surface area contributed by atoms with Gasteiger partial charge in [-0.25, -0.2) is 18.7 Å². The number of nitrogens with zero attached hydrogens (tertiary/aromatic N) is 3. The van der Waals surface area contributed by atoms with Gasteiger partial charge in [-0.2, -0.15) is 0 Å². The van der Waals surface area contributed by atoms with Gasteiger partial charge in [-0.1, -0.05) is 23.7 Å². The van der Waals surface area contributed by atoms with Crippen LogP contribution in [-0.2, 0) is 0 Å². The third-order valence-electron chi connectivity index (χ3n) is 4.73. The van der Waals surface area contributed by atoms with Gasteiger partial charge in [0.15, 0.2) is 5.82 Å². The third kappa shape index (κ3) is 6.75. The van der Waals surface area contributed by atoms with Gasteiger partial charge in [0, 0.05) is 40.8 Å².